The zero-order valence-electron chi connectivity index (χ0n) is 17.3. The zero-order chi connectivity index (χ0) is 21.8. The van der Waals surface area contributed by atoms with E-state index in [2.05, 4.69) is 22.1 Å². The number of halogens is 3. The lowest BCUT2D eigenvalue weighted by Crippen LogP contribution is -2.16. The maximum atomic E-state index is 13.5. The van der Waals surface area contributed by atoms with Crippen molar-refractivity contribution in [3.05, 3.63) is 71.9 Å². The summed E-state index contributed by atoms with van der Waals surface area (Å²) in [6.45, 7) is 0. The molecule has 0 atom stereocenters. The van der Waals surface area contributed by atoms with Crippen LogP contribution in [0.2, 0.25) is 0 Å². The van der Waals surface area contributed by atoms with Gasteiger partial charge < -0.3 is 4.90 Å². The Morgan fingerprint density at radius 1 is 0.935 bits per heavy atom. The molecule has 0 N–H and O–H groups in total. The number of hydrogen-bond donors (Lipinski definition) is 0. The normalized spacial score (nSPS) is 15.1. The Hall–Kier alpha value is -2.54. The van der Waals surface area contributed by atoms with Gasteiger partial charge in [-0.05, 0) is 48.6 Å². The minimum absolute atomic E-state index is 0.102. The molecular weight excluding hydrogens is 419 g/mol. The highest BCUT2D eigenvalue weighted by molar-refractivity contribution is 7.99. The second-order valence-electron chi connectivity index (χ2n) is 7.79. The molecule has 1 aliphatic carbocycles. The van der Waals surface area contributed by atoms with Crippen LogP contribution in [0.15, 0.2) is 70.7 Å². The summed E-state index contributed by atoms with van der Waals surface area (Å²) in [6, 6.07) is 17.2. The summed E-state index contributed by atoms with van der Waals surface area (Å²) in [4.78, 5) is 10.7. The highest BCUT2D eigenvalue weighted by atomic mass is 32.2. The first-order valence-corrected chi connectivity index (χ1v) is 11.2. The molecule has 0 saturated heterocycles. The van der Waals surface area contributed by atoms with Crippen molar-refractivity contribution in [3.8, 4) is 0 Å². The van der Waals surface area contributed by atoms with Gasteiger partial charge in [-0.3, -0.25) is 0 Å². The molecule has 4 rings (SSSR count). The van der Waals surface area contributed by atoms with Crippen LogP contribution in [0.5, 0.6) is 0 Å². The van der Waals surface area contributed by atoms with Crippen molar-refractivity contribution < 1.29 is 13.2 Å². The molecule has 0 aliphatic heterocycles. The van der Waals surface area contributed by atoms with E-state index in [-0.39, 0.29) is 11.0 Å². The summed E-state index contributed by atoms with van der Waals surface area (Å²) in [7, 11) is 1.77. The zero-order valence-corrected chi connectivity index (χ0v) is 18.1. The summed E-state index contributed by atoms with van der Waals surface area (Å²) in [6.07, 6.45) is 2.65. The van der Waals surface area contributed by atoms with Crippen molar-refractivity contribution in [2.75, 3.05) is 11.9 Å². The minimum atomic E-state index is -4.52. The molecule has 1 aromatic heterocycles. The van der Waals surface area contributed by atoms with Gasteiger partial charge in [-0.25, -0.2) is 9.97 Å². The predicted octanol–water partition coefficient (Wildman–Crippen LogP) is 7.46. The first-order valence-electron chi connectivity index (χ1n) is 10.4. The van der Waals surface area contributed by atoms with Crippen molar-refractivity contribution in [1.82, 2.24) is 9.97 Å². The van der Waals surface area contributed by atoms with Crippen molar-refractivity contribution in [2.24, 2.45) is 0 Å². The molecule has 1 saturated carbocycles. The number of benzene rings is 2. The Labute approximate surface area is 184 Å². The molecule has 3 nitrogen and oxygen atoms in total. The smallest absolute Gasteiger partial charge is 0.314 e. The van der Waals surface area contributed by atoms with Gasteiger partial charge in [0.1, 0.15) is 10.6 Å². The van der Waals surface area contributed by atoms with E-state index >= 15 is 0 Å². The molecule has 0 amide bonds. The molecule has 0 radical (unpaired) electrons. The van der Waals surface area contributed by atoms with Crippen LogP contribution in [0, 0.1) is 0 Å². The summed E-state index contributed by atoms with van der Waals surface area (Å²) >= 11 is 0.991. The van der Waals surface area contributed by atoms with Gasteiger partial charge in [-0.2, -0.15) is 13.2 Å². The molecule has 1 heterocycles. The second kappa shape index (κ2) is 9.30. The molecule has 0 spiro atoms. The maximum Gasteiger partial charge on any atom is 0.420 e. The van der Waals surface area contributed by atoms with Gasteiger partial charge in [0.05, 0.1) is 0 Å². The largest absolute Gasteiger partial charge is 0.420 e. The van der Waals surface area contributed by atoms with Crippen LogP contribution in [0.25, 0.3) is 0 Å². The molecule has 162 valence electrons. The molecule has 1 aliphatic rings. The number of hydrogen-bond acceptors (Lipinski definition) is 4. The highest BCUT2D eigenvalue weighted by Crippen LogP contribution is 2.39. The monoisotopic (exact) mass is 443 g/mol. The Morgan fingerprint density at radius 2 is 1.61 bits per heavy atom. The van der Waals surface area contributed by atoms with Crippen LogP contribution >= 0.6 is 11.8 Å². The fraction of sp³-hybridized carbons (Fsp3) is 0.333. The minimum Gasteiger partial charge on any atom is -0.314 e. The van der Waals surface area contributed by atoms with E-state index in [1.807, 2.05) is 18.2 Å². The third-order valence-electron chi connectivity index (χ3n) is 5.66. The molecule has 0 bridgehead atoms. The van der Waals surface area contributed by atoms with Crippen LogP contribution in [-0.4, -0.2) is 17.0 Å². The number of aromatic nitrogens is 2. The lowest BCUT2D eigenvalue weighted by atomic mass is 9.84. The number of nitrogens with zero attached hydrogens (tertiary/aromatic N) is 3. The third kappa shape index (κ3) is 5.21. The summed E-state index contributed by atoms with van der Waals surface area (Å²) in [5, 5.41) is -0.102. The van der Waals surface area contributed by atoms with Crippen molar-refractivity contribution in [3.63, 3.8) is 0 Å². The molecular formula is C24H24F3N3S. The summed E-state index contributed by atoms with van der Waals surface area (Å²) in [5.74, 6) is 0.834. The summed E-state index contributed by atoms with van der Waals surface area (Å²) < 4.78 is 40.6. The van der Waals surface area contributed by atoms with Crippen LogP contribution < -0.4 is 4.90 Å². The van der Waals surface area contributed by atoms with Gasteiger partial charge in [-0.15, -0.1) is 0 Å². The fourth-order valence-corrected chi connectivity index (χ4v) is 4.84. The quantitative estimate of drug-likeness (QED) is 0.383. The van der Waals surface area contributed by atoms with Gasteiger partial charge in [-0.1, -0.05) is 61.4 Å². The van der Waals surface area contributed by atoms with Crippen molar-refractivity contribution in [1.29, 1.82) is 0 Å². The van der Waals surface area contributed by atoms with Gasteiger partial charge in [0.15, 0.2) is 0 Å². The average Bonchev–Trinajstić information content (AvgIpc) is 2.79. The van der Waals surface area contributed by atoms with Crippen molar-refractivity contribution >= 4 is 23.4 Å². The molecule has 2 aromatic carbocycles. The van der Waals surface area contributed by atoms with E-state index in [9.17, 15) is 13.2 Å². The summed E-state index contributed by atoms with van der Waals surface area (Å²) in [5.41, 5.74) is 1.34. The van der Waals surface area contributed by atoms with Crippen molar-refractivity contribution in [2.45, 2.75) is 54.1 Å². The first-order chi connectivity index (χ1) is 14.9. The van der Waals surface area contributed by atoms with Gasteiger partial charge >= 0.3 is 6.18 Å². The molecule has 7 heteroatoms. The van der Waals surface area contributed by atoms with E-state index in [1.165, 1.54) is 37.7 Å². The van der Waals surface area contributed by atoms with Crippen LogP contribution in [-0.2, 0) is 6.18 Å². The van der Waals surface area contributed by atoms with E-state index in [0.29, 0.717) is 10.8 Å². The number of anilines is 2. The Morgan fingerprint density at radius 3 is 2.26 bits per heavy atom. The van der Waals surface area contributed by atoms with Gasteiger partial charge in [0, 0.05) is 23.8 Å². The van der Waals surface area contributed by atoms with Crippen LogP contribution in [0.4, 0.5) is 24.8 Å². The highest BCUT2D eigenvalue weighted by Gasteiger charge is 2.35. The fourth-order valence-electron chi connectivity index (χ4n) is 3.91. The Kier molecular flexibility index (Phi) is 6.51. The molecule has 1 fully saturated rings. The number of rotatable bonds is 5. The molecule has 0 unspecified atom stereocenters. The van der Waals surface area contributed by atoms with E-state index < -0.39 is 11.7 Å². The Balaban J connectivity index is 1.60. The van der Waals surface area contributed by atoms with Crippen LogP contribution in [0.3, 0.4) is 0 Å². The average molecular weight is 444 g/mol. The van der Waals surface area contributed by atoms with Crippen LogP contribution in [0.1, 0.15) is 49.1 Å². The SMILES string of the molecule is CN(c1ccc(C2CCCCC2)cc1)c1ncc(C(F)(F)F)c(Sc2ccccc2)n1. The van der Waals surface area contributed by atoms with Gasteiger partial charge in [0.2, 0.25) is 5.95 Å². The lowest BCUT2D eigenvalue weighted by Gasteiger charge is -2.23. The second-order valence-corrected chi connectivity index (χ2v) is 8.85. The molecule has 31 heavy (non-hydrogen) atoms. The third-order valence-corrected chi connectivity index (χ3v) is 6.67. The maximum absolute atomic E-state index is 13.5. The molecule has 3 aromatic rings. The standard InChI is InChI=1S/C24H24F3N3S/c1-30(19-14-12-18(13-15-19)17-8-4-2-5-9-17)23-28-16-21(24(25,26)27)22(29-23)31-20-10-6-3-7-11-20/h3,6-7,10-17H,2,4-5,8-9H2,1H3. The van der Waals surface area contributed by atoms with E-state index in [4.69, 9.17) is 0 Å². The first kappa shape index (κ1) is 21.7. The predicted molar refractivity (Wildman–Crippen MR) is 118 cm³/mol. The lowest BCUT2D eigenvalue weighted by molar-refractivity contribution is -0.140. The topological polar surface area (TPSA) is 29.0 Å². The van der Waals surface area contributed by atoms with E-state index in [1.54, 1.807) is 36.2 Å². The number of alkyl halides is 3. The Bertz CT molecular complexity index is 1000. The van der Waals surface area contributed by atoms with Gasteiger partial charge in [0.25, 0.3) is 0 Å². The van der Waals surface area contributed by atoms with E-state index in [0.717, 1.165) is 23.6 Å².